The van der Waals surface area contributed by atoms with Crippen molar-refractivity contribution >= 4 is 33.2 Å². The lowest BCUT2D eigenvalue weighted by Gasteiger charge is -2.39. The van der Waals surface area contributed by atoms with Crippen LogP contribution in [0.15, 0.2) is 83.8 Å². The zero-order valence-corrected chi connectivity index (χ0v) is 21.2. The van der Waals surface area contributed by atoms with E-state index in [0.29, 0.717) is 36.2 Å². The van der Waals surface area contributed by atoms with Gasteiger partial charge >= 0.3 is 0 Å². The van der Waals surface area contributed by atoms with E-state index in [-0.39, 0.29) is 22.8 Å². The fraction of sp³-hybridized carbons (Fsp3) is 0.296. The third kappa shape index (κ3) is 4.81. The molecule has 1 amide bonds. The van der Waals surface area contributed by atoms with E-state index in [4.69, 9.17) is 21.1 Å². The average Bonchev–Trinajstić information content (AvgIpc) is 2.92. The normalized spacial score (nSPS) is 19.1. The summed E-state index contributed by atoms with van der Waals surface area (Å²) in [6, 6.07) is 22.9. The molecule has 1 saturated heterocycles. The van der Waals surface area contributed by atoms with Gasteiger partial charge in [0.1, 0.15) is 5.75 Å². The van der Waals surface area contributed by atoms with Crippen LogP contribution < -0.4 is 14.4 Å². The molecule has 3 aromatic carbocycles. The molecular formula is C27H27ClN2O5S. The Morgan fingerprint density at radius 2 is 1.64 bits per heavy atom. The van der Waals surface area contributed by atoms with Crippen LogP contribution in [0.1, 0.15) is 18.4 Å². The van der Waals surface area contributed by atoms with Crippen LogP contribution in [0.4, 0.5) is 5.69 Å². The van der Waals surface area contributed by atoms with Gasteiger partial charge in [0.05, 0.1) is 17.1 Å². The second kappa shape index (κ2) is 10.1. The monoisotopic (exact) mass is 526 g/mol. The van der Waals surface area contributed by atoms with Crippen LogP contribution in [0, 0.1) is 0 Å². The van der Waals surface area contributed by atoms with Gasteiger partial charge in [-0.05, 0) is 54.8 Å². The lowest BCUT2D eigenvalue weighted by Crippen LogP contribution is -2.53. The molecule has 0 aliphatic carbocycles. The zero-order valence-electron chi connectivity index (χ0n) is 19.6. The van der Waals surface area contributed by atoms with Crippen LogP contribution in [-0.4, -0.2) is 46.7 Å². The van der Waals surface area contributed by atoms with Gasteiger partial charge in [-0.25, -0.2) is 8.42 Å². The van der Waals surface area contributed by atoms with Crippen LogP contribution in [0.25, 0.3) is 0 Å². The van der Waals surface area contributed by atoms with E-state index in [0.717, 1.165) is 18.4 Å². The molecule has 0 aromatic heterocycles. The molecule has 2 aliphatic heterocycles. The molecule has 3 aromatic rings. The molecule has 188 valence electrons. The first kappa shape index (κ1) is 24.6. The van der Waals surface area contributed by atoms with Crippen molar-refractivity contribution in [1.29, 1.82) is 0 Å². The Hall–Kier alpha value is -3.07. The summed E-state index contributed by atoms with van der Waals surface area (Å²) in [6.07, 6.45) is 0.556. The van der Waals surface area contributed by atoms with E-state index in [9.17, 15) is 13.2 Å². The maximum atomic E-state index is 13.6. The van der Waals surface area contributed by atoms with Gasteiger partial charge in [-0.1, -0.05) is 54.1 Å². The quantitative estimate of drug-likeness (QED) is 0.521. The van der Waals surface area contributed by atoms with Crippen molar-refractivity contribution in [2.45, 2.75) is 29.3 Å². The summed E-state index contributed by atoms with van der Waals surface area (Å²) in [7, 11) is -3.95. The van der Waals surface area contributed by atoms with Crippen molar-refractivity contribution in [3.8, 4) is 5.75 Å². The molecule has 9 heteroatoms. The van der Waals surface area contributed by atoms with Gasteiger partial charge < -0.3 is 14.8 Å². The Labute approximate surface area is 216 Å². The standard InChI is InChI=1S/C27H27ClN2O5S/c28-21-10-12-22(13-11-21)36(32,33)30-18-25(35-24-9-5-4-8-23(24)30)26(31)29-19-27(14-16-34-17-15-27)20-6-2-1-3-7-20/h1-13,25H,14-19H2,(H,29,31)/t25-/m0/s1. The molecule has 2 heterocycles. The number of hydrogen-bond acceptors (Lipinski definition) is 5. The average molecular weight is 527 g/mol. The van der Waals surface area contributed by atoms with Crippen molar-refractivity contribution in [2.24, 2.45) is 0 Å². The second-order valence-electron chi connectivity index (χ2n) is 9.04. The predicted octanol–water partition coefficient (Wildman–Crippen LogP) is 4.16. The molecule has 1 fully saturated rings. The van der Waals surface area contributed by atoms with Crippen molar-refractivity contribution < 1.29 is 22.7 Å². The van der Waals surface area contributed by atoms with E-state index >= 15 is 0 Å². The summed E-state index contributed by atoms with van der Waals surface area (Å²) >= 11 is 5.96. The molecular weight excluding hydrogens is 500 g/mol. The molecule has 1 N–H and O–H groups in total. The van der Waals surface area contributed by atoms with E-state index < -0.39 is 16.1 Å². The number of halogens is 1. The third-order valence-electron chi connectivity index (χ3n) is 6.87. The number of ether oxygens (including phenoxy) is 2. The fourth-order valence-electron chi connectivity index (χ4n) is 4.79. The number of hydrogen-bond donors (Lipinski definition) is 1. The summed E-state index contributed by atoms with van der Waals surface area (Å²) in [5.41, 5.74) is 1.29. The van der Waals surface area contributed by atoms with Crippen LogP contribution in [-0.2, 0) is 25.0 Å². The first-order chi connectivity index (χ1) is 17.4. The largest absolute Gasteiger partial charge is 0.476 e. The molecule has 0 unspecified atom stereocenters. The van der Waals surface area contributed by atoms with E-state index in [1.807, 2.05) is 18.2 Å². The van der Waals surface area contributed by atoms with Crippen LogP contribution in [0.3, 0.4) is 0 Å². The highest BCUT2D eigenvalue weighted by Crippen LogP contribution is 2.38. The highest BCUT2D eigenvalue weighted by Gasteiger charge is 2.39. The molecule has 36 heavy (non-hydrogen) atoms. The zero-order chi connectivity index (χ0) is 25.2. The van der Waals surface area contributed by atoms with Gasteiger partial charge in [0.25, 0.3) is 15.9 Å². The number of fused-ring (bicyclic) bond motifs is 1. The van der Waals surface area contributed by atoms with Crippen LogP contribution in [0.2, 0.25) is 5.02 Å². The number of carbonyl (C=O) groups is 1. The molecule has 2 aliphatic rings. The van der Waals surface area contributed by atoms with Gasteiger partial charge in [0.2, 0.25) is 0 Å². The SMILES string of the molecule is O=C(NCC1(c2ccccc2)CCOCC1)[C@@H]1CN(S(=O)(=O)c2ccc(Cl)cc2)c2ccccc2O1. The molecule has 5 rings (SSSR count). The molecule has 7 nitrogen and oxygen atoms in total. The number of para-hydroxylation sites is 2. The van der Waals surface area contributed by atoms with E-state index in [2.05, 4.69) is 17.4 Å². The first-order valence-corrected chi connectivity index (χ1v) is 13.7. The molecule has 0 saturated carbocycles. The number of amides is 1. The molecule has 0 spiro atoms. The summed E-state index contributed by atoms with van der Waals surface area (Å²) in [4.78, 5) is 13.5. The predicted molar refractivity (Wildman–Crippen MR) is 138 cm³/mol. The van der Waals surface area contributed by atoms with E-state index in [1.54, 1.807) is 24.3 Å². The Balaban J connectivity index is 1.39. The van der Waals surface area contributed by atoms with Crippen LogP contribution >= 0.6 is 11.6 Å². The van der Waals surface area contributed by atoms with Crippen molar-refractivity contribution in [3.05, 3.63) is 89.4 Å². The second-order valence-corrected chi connectivity index (χ2v) is 11.3. The van der Waals surface area contributed by atoms with Gasteiger partial charge in [-0.15, -0.1) is 0 Å². The number of carbonyl (C=O) groups excluding carboxylic acids is 1. The summed E-state index contributed by atoms with van der Waals surface area (Å²) in [5, 5.41) is 3.49. The number of anilines is 1. The lowest BCUT2D eigenvalue weighted by atomic mass is 9.74. The minimum absolute atomic E-state index is 0.0907. The van der Waals surface area contributed by atoms with Gasteiger partial charge in [-0.2, -0.15) is 0 Å². The van der Waals surface area contributed by atoms with E-state index in [1.165, 1.54) is 28.6 Å². The minimum atomic E-state index is -3.95. The summed E-state index contributed by atoms with van der Waals surface area (Å²) in [6.45, 7) is 1.50. The molecule has 0 radical (unpaired) electrons. The van der Waals surface area contributed by atoms with Crippen LogP contribution in [0.5, 0.6) is 5.75 Å². The maximum absolute atomic E-state index is 13.6. The first-order valence-electron chi connectivity index (χ1n) is 11.8. The molecule has 1 atom stereocenters. The van der Waals surface area contributed by atoms with Gasteiger partial charge in [0.15, 0.2) is 6.10 Å². The Kier molecular flexibility index (Phi) is 6.92. The Bertz CT molecular complexity index is 1330. The number of sulfonamides is 1. The Morgan fingerprint density at radius 1 is 0.972 bits per heavy atom. The maximum Gasteiger partial charge on any atom is 0.264 e. The van der Waals surface area contributed by atoms with Crippen molar-refractivity contribution in [3.63, 3.8) is 0 Å². The summed E-state index contributed by atoms with van der Waals surface area (Å²) < 4.78 is 39.9. The minimum Gasteiger partial charge on any atom is -0.476 e. The molecule has 0 bridgehead atoms. The number of nitrogens with zero attached hydrogens (tertiary/aromatic N) is 1. The number of nitrogens with one attached hydrogen (secondary N) is 1. The lowest BCUT2D eigenvalue weighted by molar-refractivity contribution is -0.128. The van der Waals surface area contributed by atoms with Gasteiger partial charge in [0, 0.05) is 30.2 Å². The number of rotatable bonds is 6. The topological polar surface area (TPSA) is 84.9 Å². The third-order valence-corrected chi connectivity index (χ3v) is 8.91. The summed E-state index contributed by atoms with van der Waals surface area (Å²) in [5.74, 6) is -0.0205. The smallest absolute Gasteiger partial charge is 0.264 e. The van der Waals surface area contributed by atoms with Gasteiger partial charge in [-0.3, -0.25) is 9.10 Å². The highest BCUT2D eigenvalue weighted by atomic mass is 35.5. The van der Waals surface area contributed by atoms with Crippen molar-refractivity contribution in [2.75, 3.05) is 30.6 Å². The number of benzene rings is 3. The highest BCUT2D eigenvalue weighted by molar-refractivity contribution is 7.92. The fourth-order valence-corrected chi connectivity index (χ4v) is 6.39. The Morgan fingerprint density at radius 3 is 2.36 bits per heavy atom. The van der Waals surface area contributed by atoms with Crippen molar-refractivity contribution in [1.82, 2.24) is 5.32 Å².